The lowest BCUT2D eigenvalue weighted by Gasteiger charge is -2.20. The summed E-state index contributed by atoms with van der Waals surface area (Å²) in [6.07, 6.45) is 0.452. The van der Waals surface area contributed by atoms with Gasteiger partial charge in [-0.3, -0.25) is 19.4 Å². The summed E-state index contributed by atoms with van der Waals surface area (Å²) in [5.74, 6) is 0.132. The molecule has 0 unspecified atom stereocenters. The summed E-state index contributed by atoms with van der Waals surface area (Å²) in [6.45, 7) is 4.94. The van der Waals surface area contributed by atoms with Gasteiger partial charge in [-0.1, -0.05) is 32.0 Å². The molecule has 0 bridgehead atoms. The number of hydrogen-bond acceptors (Lipinski definition) is 3. The van der Waals surface area contributed by atoms with E-state index in [1.54, 1.807) is 12.1 Å². The first-order chi connectivity index (χ1) is 9.50. The highest BCUT2D eigenvalue weighted by Gasteiger charge is 2.33. The Labute approximate surface area is 124 Å². The Morgan fingerprint density at radius 1 is 1.15 bits per heavy atom. The summed E-state index contributed by atoms with van der Waals surface area (Å²) in [6, 6.07) is 8.99. The summed E-state index contributed by atoms with van der Waals surface area (Å²) < 4.78 is 0. The van der Waals surface area contributed by atoms with Crippen molar-refractivity contribution in [1.82, 2.24) is 9.80 Å². The highest BCUT2D eigenvalue weighted by molar-refractivity contribution is 7.80. The van der Waals surface area contributed by atoms with Crippen LogP contribution in [0.4, 0.5) is 0 Å². The molecule has 0 radical (unpaired) electrons. The Morgan fingerprint density at radius 2 is 1.75 bits per heavy atom. The second-order valence-electron chi connectivity index (χ2n) is 5.25. The third kappa shape index (κ3) is 3.04. The first-order valence-electron chi connectivity index (χ1n) is 6.72. The van der Waals surface area contributed by atoms with E-state index in [9.17, 15) is 9.59 Å². The second kappa shape index (κ2) is 6.13. The number of hydrogen-bond donors (Lipinski definition) is 0. The van der Waals surface area contributed by atoms with Crippen LogP contribution in [0.5, 0.6) is 0 Å². The molecule has 1 heterocycles. The predicted octanol–water partition coefficient (Wildman–Crippen LogP) is 2.30. The zero-order chi connectivity index (χ0) is 14.7. The number of amides is 2. The summed E-state index contributed by atoms with van der Waals surface area (Å²) in [4.78, 5) is 27.5. The highest BCUT2D eigenvalue weighted by atomic mass is 32.1. The van der Waals surface area contributed by atoms with Gasteiger partial charge in [0.25, 0.3) is 5.91 Å². The van der Waals surface area contributed by atoms with Gasteiger partial charge in [-0.2, -0.15) is 0 Å². The molecule has 2 rings (SSSR count). The van der Waals surface area contributed by atoms with E-state index in [1.807, 2.05) is 32.0 Å². The average Bonchev–Trinajstić information content (AvgIpc) is 2.80. The van der Waals surface area contributed by atoms with Crippen LogP contribution in [0.2, 0.25) is 0 Å². The van der Waals surface area contributed by atoms with Crippen molar-refractivity contribution in [3.8, 4) is 0 Å². The molecule has 5 heteroatoms. The second-order valence-corrected chi connectivity index (χ2v) is 5.61. The van der Waals surface area contributed by atoms with Gasteiger partial charge >= 0.3 is 0 Å². The normalized spacial score (nSPS) is 15.1. The van der Waals surface area contributed by atoms with Gasteiger partial charge in [0.05, 0.1) is 0 Å². The van der Waals surface area contributed by atoms with E-state index in [4.69, 9.17) is 12.2 Å². The van der Waals surface area contributed by atoms with Crippen LogP contribution < -0.4 is 0 Å². The Morgan fingerprint density at radius 3 is 2.35 bits per heavy atom. The number of carbonyl (C=O) groups is 2. The Kier molecular flexibility index (Phi) is 4.49. The molecule has 20 heavy (non-hydrogen) atoms. The van der Waals surface area contributed by atoms with E-state index in [-0.39, 0.29) is 17.7 Å². The van der Waals surface area contributed by atoms with Crippen molar-refractivity contribution in [2.45, 2.75) is 20.3 Å². The summed E-state index contributed by atoms with van der Waals surface area (Å²) in [5.41, 5.74) is 0.591. The topological polar surface area (TPSA) is 40.6 Å². The molecular weight excluding hydrogens is 272 g/mol. The summed E-state index contributed by atoms with van der Waals surface area (Å²) in [5, 5.41) is 0.324. The zero-order valence-electron chi connectivity index (χ0n) is 11.7. The van der Waals surface area contributed by atoms with Crippen molar-refractivity contribution in [2.24, 2.45) is 5.92 Å². The van der Waals surface area contributed by atoms with Crippen molar-refractivity contribution in [3.63, 3.8) is 0 Å². The number of nitrogens with zero attached hydrogens (tertiary/aromatic N) is 2. The van der Waals surface area contributed by atoms with Crippen LogP contribution in [0.1, 0.15) is 30.6 Å². The van der Waals surface area contributed by atoms with Crippen LogP contribution in [0.25, 0.3) is 0 Å². The van der Waals surface area contributed by atoms with E-state index in [0.29, 0.717) is 30.2 Å². The van der Waals surface area contributed by atoms with Crippen molar-refractivity contribution in [2.75, 3.05) is 13.1 Å². The smallest absolute Gasteiger partial charge is 0.260 e. The Hall–Kier alpha value is -1.75. The molecule has 0 aromatic heterocycles. The van der Waals surface area contributed by atoms with Gasteiger partial charge in [0, 0.05) is 25.1 Å². The van der Waals surface area contributed by atoms with Crippen molar-refractivity contribution in [1.29, 1.82) is 0 Å². The third-order valence-corrected chi connectivity index (χ3v) is 3.60. The zero-order valence-corrected chi connectivity index (χ0v) is 12.5. The van der Waals surface area contributed by atoms with Crippen LogP contribution in [0.15, 0.2) is 30.3 Å². The van der Waals surface area contributed by atoms with E-state index in [2.05, 4.69) is 0 Å². The van der Waals surface area contributed by atoms with Crippen molar-refractivity contribution < 1.29 is 9.59 Å². The fourth-order valence-corrected chi connectivity index (χ4v) is 2.52. The molecule has 1 fully saturated rings. The number of rotatable bonds is 3. The van der Waals surface area contributed by atoms with E-state index < -0.39 is 0 Å². The molecule has 0 atom stereocenters. The lowest BCUT2D eigenvalue weighted by Crippen LogP contribution is -2.39. The number of carbonyl (C=O) groups excluding carboxylic acids is 2. The maximum absolute atomic E-state index is 12.3. The van der Waals surface area contributed by atoms with Gasteiger partial charge in [0.2, 0.25) is 5.91 Å². The average molecular weight is 290 g/mol. The lowest BCUT2D eigenvalue weighted by atomic mass is 10.1. The molecule has 1 aliphatic heterocycles. The standard InChI is InChI=1S/C15H18N2O2S/c1-11(2)10-13(18)16-8-9-17(15(16)20)14(19)12-6-4-3-5-7-12/h3-7,11H,8-10H2,1-2H3. The van der Waals surface area contributed by atoms with Crippen LogP contribution in [-0.4, -0.2) is 39.8 Å². The quantitative estimate of drug-likeness (QED) is 0.802. The largest absolute Gasteiger partial charge is 0.287 e. The Bertz CT molecular complexity index is 528. The van der Waals surface area contributed by atoms with Gasteiger partial charge in [0.1, 0.15) is 0 Å². The van der Waals surface area contributed by atoms with Gasteiger partial charge in [-0.05, 0) is 30.3 Å². The van der Waals surface area contributed by atoms with Crippen molar-refractivity contribution in [3.05, 3.63) is 35.9 Å². The monoisotopic (exact) mass is 290 g/mol. The summed E-state index contributed by atoms with van der Waals surface area (Å²) in [7, 11) is 0. The molecule has 0 spiro atoms. The molecule has 1 aromatic rings. The molecule has 1 aromatic carbocycles. The summed E-state index contributed by atoms with van der Waals surface area (Å²) >= 11 is 5.28. The molecule has 0 aliphatic carbocycles. The first-order valence-corrected chi connectivity index (χ1v) is 7.12. The molecule has 4 nitrogen and oxygen atoms in total. The lowest BCUT2D eigenvalue weighted by molar-refractivity contribution is -0.127. The molecule has 1 aliphatic rings. The van der Waals surface area contributed by atoms with Gasteiger partial charge in [-0.15, -0.1) is 0 Å². The molecule has 1 saturated heterocycles. The molecule has 106 valence electrons. The third-order valence-electron chi connectivity index (χ3n) is 3.16. The highest BCUT2D eigenvalue weighted by Crippen LogP contribution is 2.16. The fourth-order valence-electron chi connectivity index (χ4n) is 2.15. The first kappa shape index (κ1) is 14.7. The minimum Gasteiger partial charge on any atom is -0.287 e. The Balaban J connectivity index is 2.08. The van der Waals surface area contributed by atoms with Crippen LogP contribution in [-0.2, 0) is 4.79 Å². The molecule has 0 N–H and O–H groups in total. The molecule has 2 amide bonds. The fraction of sp³-hybridized carbons (Fsp3) is 0.400. The van der Waals surface area contributed by atoms with Gasteiger partial charge in [-0.25, -0.2) is 0 Å². The van der Waals surface area contributed by atoms with Gasteiger partial charge < -0.3 is 0 Å². The van der Waals surface area contributed by atoms with E-state index in [1.165, 1.54) is 9.80 Å². The minimum absolute atomic E-state index is 0.00615. The maximum Gasteiger partial charge on any atom is 0.260 e. The van der Waals surface area contributed by atoms with Crippen LogP contribution in [0.3, 0.4) is 0 Å². The number of thiocarbonyl (C=S) groups is 1. The van der Waals surface area contributed by atoms with E-state index >= 15 is 0 Å². The van der Waals surface area contributed by atoms with E-state index in [0.717, 1.165) is 0 Å². The van der Waals surface area contributed by atoms with Crippen molar-refractivity contribution >= 4 is 29.1 Å². The van der Waals surface area contributed by atoms with Crippen LogP contribution >= 0.6 is 12.2 Å². The van der Waals surface area contributed by atoms with Crippen LogP contribution in [0, 0.1) is 5.92 Å². The maximum atomic E-state index is 12.3. The van der Waals surface area contributed by atoms with Gasteiger partial charge in [0.15, 0.2) is 5.11 Å². The number of benzene rings is 1. The molecule has 0 saturated carbocycles. The SMILES string of the molecule is CC(C)CC(=O)N1CCN(C(=O)c2ccccc2)C1=S. The predicted molar refractivity (Wildman–Crippen MR) is 81.2 cm³/mol. The molecular formula is C15H18N2O2S. The minimum atomic E-state index is -0.143.